The van der Waals surface area contributed by atoms with Gasteiger partial charge in [-0.25, -0.2) is 0 Å². The van der Waals surface area contributed by atoms with Crippen LogP contribution in [0, 0.1) is 13.8 Å². The monoisotopic (exact) mass is 261 g/mol. The number of hydrogen-bond donors (Lipinski definition) is 1. The first kappa shape index (κ1) is 13.3. The fourth-order valence-corrected chi connectivity index (χ4v) is 1.89. The Morgan fingerprint density at radius 3 is 2.74 bits per heavy atom. The van der Waals surface area contributed by atoms with Gasteiger partial charge in [-0.1, -0.05) is 0 Å². The zero-order valence-corrected chi connectivity index (χ0v) is 11.6. The molecule has 2 heterocycles. The van der Waals surface area contributed by atoms with Crippen molar-refractivity contribution in [2.24, 2.45) is 0 Å². The van der Waals surface area contributed by atoms with Gasteiger partial charge in [-0.2, -0.15) is 10.2 Å². The molecule has 0 aliphatic carbocycles. The largest absolute Gasteiger partial charge is 0.349 e. The molecule has 2 aromatic heterocycles. The summed E-state index contributed by atoms with van der Waals surface area (Å²) in [6, 6.07) is 3.86. The lowest BCUT2D eigenvalue weighted by molar-refractivity contribution is -0.122. The van der Waals surface area contributed by atoms with Crippen molar-refractivity contribution in [3.8, 4) is 0 Å². The van der Waals surface area contributed by atoms with E-state index in [2.05, 4.69) is 15.5 Å². The van der Waals surface area contributed by atoms with Crippen LogP contribution in [0.3, 0.4) is 0 Å². The molecule has 0 spiro atoms. The van der Waals surface area contributed by atoms with E-state index in [9.17, 15) is 4.79 Å². The molecule has 1 amide bonds. The SMILES string of the molecule is CCn1ccc(CNC(=O)Cn2nc(C)cc2C)n1. The first-order chi connectivity index (χ1) is 9.08. The third-order valence-corrected chi connectivity index (χ3v) is 2.88. The van der Waals surface area contributed by atoms with E-state index in [0.29, 0.717) is 6.54 Å². The topological polar surface area (TPSA) is 64.7 Å². The molecule has 0 saturated carbocycles. The van der Waals surface area contributed by atoms with Crippen LogP contribution in [-0.2, 0) is 24.4 Å². The number of nitrogens with zero attached hydrogens (tertiary/aromatic N) is 4. The molecule has 0 fully saturated rings. The number of nitrogens with one attached hydrogen (secondary N) is 1. The molecule has 0 aromatic carbocycles. The molecule has 1 N–H and O–H groups in total. The molecule has 0 saturated heterocycles. The number of carbonyl (C=O) groups is 1. The second-order valence-corrected chi connectivity index (χ2v) is 4.52. The van der Waals surface area contributed by atoms with Crippen LogP contribution in [0.15, 0.2) is 18.3 Å². The van der Waals surface area contributed by atoms with Crippen LogP contribution in [0.1, 0.15) is 24.0 Å². The summed E-state index contributed by atoms with van der Waals surface area (Å²) in [6.45, 7) is 7.41. The zero-order valence-electron chi connectivity index (χ0n) is 11.6. The van der Waals surface area contributed by atoms with E-state index in [0.717, 1.165) is 23.6 Å². The Hall–Kier alpha value is -2.11. The molecule has 2 aromatic rings. The Bertz CT molecular complexity index is 569. The van der Waals surface area contributed by atoms with Crippen molar-refractivity contribution >= 4 is 5.91 Å². The Kier molecular flexibility index (Phi) is 3.99. The highest BCUT2D eigenvalue weighted by atomic mass is 16.2. The second kappa shape index (κ2) is 5.69. The molecule has 0 aliphatic rings. The predicted octanol–water partition coefficient (Wildman–Crippen LogP) is 1.03. The summed E-state index contributed by atoms with van der Waals surface area (Å²) in [6.07, 6.45) is 1.91. The third-order valence-electron chi connectivity index (χ3n) is 2.88. The highest BCUT2D eigenvalue weighted by Gasteiger charge is 2.07. The van der Waals surface area contributed by atoms with E-state index in [-0.39, 0.29) is 12.5 Å². The molecule has 0 radical (unpaired) electrons. The van der Waals surface area contributed by atoms with Gasteiger partial charge in [0, 0.05) is 18.4 Å². The fourth-order valence-electron chi connectivity index (χ4n) is 1.89. The zero-order chi connectivity index (χ0) is 13.8. The Balaban J connectivity index is 1.86. The minimum absolute atomic E-state index is 0.0581. The van der Waals surface area contributed by atoms with Crippen molar-refractivity contribution in [1.29, 1.82) is 0 Å². The summed E-state index contributed by atoms with van der Waals surface area (Å²) in [5, 5.41) is 11.4. The average molecular weight is 261 g/mol. The molecule has 6 nitrogen and oxygen atoms in total. The van der Waals surface area contributed by atoms with Gasteiger partial charge in [-0.3, -0.25) is 14.2 Å². The summed E-state index contributed by atoms with van der Waals surface area (Å²) in [4.78, 5) is 11.8. The van der Waals surface area contributed by atoms with E-state index >= 15 is 0 Å². The average Bonchev–Trinajstić information content (AvgIpc) is 2.94. The fraction of sp³-hybridized carbons (Fsp3) is 0.462. The van der Waals surface area contributed by atoms with Gasteiger partial charge < -0.3 is 5.32 Å². The third kappa shape index (κ3) is 3.43. The number of aryl methyl sites for hydroxylation is 3. The smallest absolute Gasteiger partial charge is 0.242 e. The maximum absolute atomic E-state index is 11.8. The molecule has 6 heteroatoms. The van der Waals surface area contributed by atoms with Crippen molar-refractivity contribution in [1.82, 2.24) is 24.9 Å². The molecule has 0 unspecified atom stereocenters. The van der Waals surface area contributed by atoms with Crippen molar-refractivity contribution in [2.75, 3.05) is 0 Å². The van der Waals surface area contributed by atoms with Crippen molar-refractivity contribution < 1.29 is 4.79 Å². The van der Waals surface area contributed by atoms with Crippen LogP contribution in [-0.4, -0.2) is 25.5 Å². The molecule has 0 bridgehead atoms. The molecule has 102 valence electrons. The molecule has 2 rings (SSSR count). The highest BCUT2D eigenvalue weighted by Crippen LogP contribution is 2.01. The van der Waals surface area contributed by atoms with Crippen LogP contribution < -0.4 is 5.32 Å². The molecule has 0 atom stereocenters. The van der Waals surface area contributed by atoms with Crippen LogP contribution in [0.5, 0.6) is 0 Å². The van der Waals surface area contributed by atoms with Gasteiger partial charge in [-0.05, 0) is 32.9 Å². The maximum atomic E-state index is 11.8. The number of rotatable bonds is 5. The van der Waals surface area contributed by atoms with Gasteiger partial charge in [-0.15, -0.1) is 0 Å². The van der Waals surface area contributed by atoms with Gasteiger partial charge in [0.25, 0.3) is 0 Å². The van der Waals surface area contributed by atoms with Crippen LogP contribution in [0.25, 0.3) is 0 Å². The molecule has 19 heavy (non-hydrogen) atoms. The van der Waals surface area contributed by atoms with Crippen molar-refractivity contribution in [3.63, 3.8) is 0 Å². The Morgan fingerprint density at radius 2 is 2.16 bits per heavy atom. The summed E-state index contributed by atoms with van der Waals surface area (Å²) < 4.78 is 3.54. The maximum Gasteiger partial charge on any atom is 0.242 e. The lowest BCUT2D eigenvalue weighted by Gasteiger charge is -2.05. The number of amides is 1. The summed E-state index contributed by atoms with van der Waals surface area (Å²) in [5.41, 5.74) is 2.78. The summed E-state index contributed by atoms with van der Waals surface area (Å²) >= 11 is 0. The molecular weight excluding hydrogens is 242 g/mol. The van der Waals surface area contributed by atoms with Gasteiger partial charge >= 0.3 is 0 Å². The van der Waals surface area contributed by atoms with E-state index in [1.54, 1.807) is 4.68 Å². The van der Waals surface area contributed by atoms with E-state index in [1.807, 2.05) is 43.8 Å². The first-order valence-corrected chi connectivity index (χ1v) is 6.38. The highest BCUT2D eigenvalue weighted by molar-refractivity contribution is 5.75. The minimum Gasteiger partial charge on any atom is -0.349 e. The van der Waals surface area contributed by atoms with E-state index in [1.165, 1.54) is 0 Å². The van der Waals surface area contributed by atoms with Gasteiger partial charge in [0.15, 0.2) is 0 Å². The standard InChI is InChI=1S/C13H19N5O/c1-4-17-6-5-12(16-17)8-14-13(19)9-18-11(3)7-10(2)15-18/h5-7H,4,8-9H2,1-3H3,(H,14,19). The quantitative estimate of drug-likeness (QED) is 0.874. The van der Waals surface area contributed by atoms with Crippen LogP contribution >= 0.6 is 0 Å². The summed E-state index contributed by atoms with van der Waals surface area (Å²) in [7, 11) is 0. The predicted molar refractivity (Wildman–Crippen MR) is 71.4 cm³/mol. The lowest BCUT2D eigenvalue weighted by Crippen LogP contribution is -2.28. The van der Waals surface area contributed by atoms with Crippen LogP contribution in [0.2, 0.25) is 0 Å². The molecular formula is C13H19N5O. The van der Waals surface area contributed by atoms with E-state index in [4.69, 9.17) is 0 Å². The summed E-state index contributed by atoms with van der Waals surface area (Å²) in [5.74, 6) is -0.0581. The number of carbonyl (C=O) groups excluding carboxylic acids is 1. The minimum atomic E-state index is -0.0581. The normalized spacial score (nSPS) is 10.7. The Labute approximate surface area is 112 Å². The van der Waals surface area contributed by atoms with Crippen LogP contribution in [0.4, 0.5) is 0 Å². The van der Waals surface area contributed by atoms with Crippen molar-refractivity contribution in [3.05, 3.63) is 35.4 Å². The first-order valence-electron chi connectivity index (χ1n) is 6.38. The van der Waals surface area contributed by atoms with Gasteiger partial charge in [0.05, 0.1) is 17.9 Å². The number of aromatic nitrogens is 4. The molecule has 0 aliphatic heterocycles. The Morgan fingerprint density at radius 1 is 1.37 bits per heavy atom. The number of hydrogen-bond acceptors (Lipinski definition) is 3. The van der Waals surface area contributed by atoms with Crippen molar-refractivity contribution in [2.45, 2.75) is 40.4 Å². The van der Waals surface area contributed by atoms with E-state index < -0.39 is 0 Å². The second-order valence-electron chi connectivity index (χ2n) is 4.52. The van der Waals surface area contributed by atoms with Gasteiger partial charge in [0.1, 0.15) is 6.54 Å². The lowest BCUT2D eigenvalue weighted by atomic mass is 10.4. The van der Waals surface area contributed by atoms with Gasteiger partial charge in [0.2, 0.25) is 5.91 Å².